The van der Waals surface area contributed by atoms with Crippen LogP contribution in [0, 0.1) is 6.92 Å². The highest BCUT2D eigenvalue weighted by Crippen LogP contribution is 2.33. The standard InChI is InChI=1S/C15H18Br2N2S/c1-10-13(17)7-15(20-10)14(8-18)19(2)9-11-5-3-4-6-12(11)16/h3-7,14H,8-9,18H2,1-2H3. The molecule has 0 aliphatic carbocycles. The van der Waals surface area contributed by atoms with Gasteiger partial charge in [0.2, 0.25) is 0 Å². The topological polar surface area (TPSA) is 29.3 Å². The van der Waals surface area contributed by atoms with Crippen molar-refractivity contribution in [2.24, 2.45) is 5.73 Å². The van der Waals surface area contributed by atoms with E-state index in [-0.39, 0.29) is 6.04 Å². The minimum absolute atomic E-state index is 0.247. The van der Waals surface area contributed by atoms with E-state index in [4.69, 9.17) is 5.73 Å². The lowest BCUT2D eigenvalue weighted by molar-refractivity contribution is 0.244. The highest BCUT2D eigenvalue weighted by atomic mass is 79.9. The van der Waals surface area contributed by atoms with Crippen molar-refractivity contribution >= 4 is 43.2 Å². The monoisotopic (exact) mass is 416 g/mol. The van der Waals surface area contributed by atoms with Crippen LogP contribution >= 0.6 is 43.2 Å². The Morgan fingerprint density at radius 3 is 2.50 bits per heavy atom. The fourth-order valence-electron chi connectivity index (χ4n) is 2.16. The lowest BCUT2D eigenvalue weighted by atomic mass is 10.1. The first kappa shape index (κ1) is 16.2. The fraction of sp³-hybridized carbons (Fsp3) is 0.333. The van der Waals surface area contributed by atoms with Crippen molar-refractivity contribution in [3.05, 3.63) is 54.6 Å². The third-order valence-electron chi connectivity index (χ3n) is 3.34. The molecule has 5 heteroatoms. The van der Waals surface area contributed by atoms with Gasteiger partial charge in [-0.1, -0.05) is 34.1 Å². The van der Waals surface area contributed by atoms with Gasteiger partial charge in [0.25, 0.3) is 0 Å². The van der Waals surface area contributed by atoms with Crippen LogP contribution in [0.5, 0.6) is 0 Å². The van der Waals surface area contributed by atoms with Crippen LogP contribution < -0.4 is 5.73 Å². The van der Waals surface area contributed by atoms with Crippen molar-refractivity contribution in [1.29, 1.82) is 0 Å². The van der Waals surface area contributed by atoms with E-state index < -0.39 is 0 Å². The zero-order valence-corrected chi connectivity index (χ0v) is 15.6. The lowest BCUT2D eigenvalue weighted by Crippen LogP contribution is -2.29. The van der Waals surface area contributed by atoms with E-state index in [0.29, 0.717) is 6.54 Å². The molecule has 0 fully saturated rings. The summed E-state index contributed by atoms with van der Waals surface area (Å²) in [6.45, 7) is 3.62. The molecule has 0 saturated carbocycles. The zero-order chi connectivity index (χ0) is 14.7. The van der Waals surface area contributed by atoms with Crippen LogP contribution in [-0.4, -0.2) is 18.5 Å². The quantitative estimate of drug-likeness (QED) is 0.762. The molecule has 0 amide bonds. The minimum Gasteiger partial charge on any atom is -0.329 e. The van der Waals surface area contributed by atoms with Gasteiger partial charge in [-0.25, -0.2) is 0 Å². The van der Waals surface area contributed by atoms with Gasteiger partial charge >= 0.3 is 0 Å². The molecular weight excluding hydrogens is 400 g/mol. The molecule has 0 aliphatic heterocycles. The summed E-state index contributed by atoms with van der Waals surface area (Å²) < 4.78 is 2.32. The van der Waals surface area contributed by atoms with Crippen molar-refractivity contribution in [2.75, 3.05) is 13.6 Å². The maximum atomic E-state index is 5.99. The Morgan fingerprint density at radius 1 is 1.25 bits per heavy atom. The maximum Gasteiger partial charge on any atom is 0.0565 e. The van der Waals surface area contributed by atoms with E-state index in [2.05, 4.69) is 75.0 Å². The molecule has 2 aromatic rings. The number of thiophene rings is 1. The van der Waals surface area contributed by atoms with Gasteiger partial charge in [-0.05, 0) is 47.6 Å². The molecule has 20 heavy (non-hydrogen) atoms. The second-order valence-electron chi connectivity index (χ2n) is 4.81. The average molecular weight is 418 g/mol. The van der Waals surface area contributed by atoms with Crippen LogP contribution in [0.4, 0.5) is 0 Å². The third kappa shape index (κ3) is 3.71. The first-order valence-corrected chi connectivity index (χ1v) is 8.82. The normalized spacial score (nSPS) is 12.9. The van der Waals surface area contributed by atoms with Crippen LogP contribution in [0.3, 0.4) is 0 Å². The Morgan fingerprint density at radius 2 is 1.95 bits per heavy atom. The molecule has 1 aromatic heterocycles. The van der Waals surface area contributed by atoms with Gasteiger partial charge in [0.1, 0.15) is 0 Å². The van der Waals surface area contributed by atoms with E-state index in [0.717, 1.165) is 11.0 Å². The van der Waals surface area contributed by atoms with Crippen molar-refractivity contribution in [3.8, 4) is 0 Å². The number of likely N-dealkylation sites (N-methyl/N-ethyl adjacent to an activating group) is 1. The van der Waals surface area contributed by atoms with Gasteiger partial charge in [-0.3, -0.25) is 4.90 Å². The first-order chi connectivity index (χ1) is 9.52. The van der Waals surface area contributed by atoms with Crippen LogP contribution in [0.15, 0.2) is 39.3 Å². The number of rotatable bonds is 5. The van der Waals surface area contributed by atoms with E-state index in [9.17, 15) is 0 Å². The second kappa shape index (κ2) is 7.18. The Bertz CT molecular complexity index is 564. The molecule has 0 aliphatic rings. The molecule has 0 radical (unpaired) electrons. The van der Waals surface area contributed by atoms with Gasteiger partial charge in [0.05, 0.1) is 6.04 Å². The first-order valence-electron chi connectivity index (χ1n) is 6.42. The number of benzene rings is 1. The Kier molecular flexibility index (Phi) is 5.81. The van der Waals surface area contributed by atoms with Crippen molar-refractivity contribution < 1.29 is 0 Å². The molecule has 2 nitrogen and oxygen atoms in total. The van der Waals surface area contributed by atoms with Gasteiger partial charge in [0, 0.05) is 31.8 Å². The second-order valence-corrected chi connectivity index (χ2v) is 7.81. The number of nitrogens with zero attached hydrogens (tertiary/aromatic N) is 1. The molecule has 1 atom stereocenters. The van der Waals surface area contributed by atoms with Gasteiger partial charge in [-0.15, -0.1) is 11.3 Å². The summed E-state index contributed by atoms with van der Waals surface area (Å²) in [6.07, 6.45) is 0. The molecule has 108 valence electrons. The Hall–Kier alpha value is -0.200. The van der Waals surface area contributed by atoms with Crippen molar-refractivity contribution in [2.45, 2.75) is 19.5 Å². The molecule has 0 bridgehead atoms. The molecule has 2 N–H and O–H groups in total. The zero-order valence-electron chi connectivity index (χ0n) is 11.6. The van der Waals surface area contributed by atoms with Crippen LogP contribution in [0.25, 0.3) is 0 Å². The smallest absolute Gasteiger partial charge is 0.0565 e. The number of aryl methyl sites for hydroxylation is 1. The molecule has 2 rings (SSSR count). The van der Waals surface area contributed by atoms with Crippen LogP contribution in [-0.2, 0) is 6.54 Å². The molecule has 0 spiro atoms. The highest BCUT2D eigenvalue weighted by Gasteiger charge is 2.19. The fourth-order valence-corrected chi connectivity index (χ4v) is 4.31. The summed E-state index contributed by atoms with van der Waals surface area (Å²) in [6, 6.07) is 10.8. The lowest BCUT2D eigenvalue weighted by Gasteiger charge is -2.26. The minimum atomic E-state index is 0.247. The van der Waals surface area contributed by atoms with Gasteiger partial charge < -0.3 is 5.73 Å². The number of hydrogen-bond donors (Lipinski definition) is 1. The molecule has 1 unspecified atom stereocenters. The molecule has 1 heterocycles. The number of hydrogen-bond acceptors (Lipinski definition) is 3. The number of halogens is 2. The van der Waals surface area contributed by atoms with Crippen molar-refractivity contribution in [3.63, 3.8) is 0 Å². The van der Waals surface area contributed by atoms with E-state index in [1.165, 1.54) is 19.8 Å². The molecule has 0 saturated heterocycles. The summed E-state index contributed by atoms with van der Waals surface area (Å²) in [7, 11) is 2.12. The summed E-state index contributed by atoms with van der Waals surface area (Å²) in [5.74, 6) is 0. The van der Waals surface area contributed by atoms with Crippen molar-refractivity contribution in [1.82, 2.24) is 4.90 Å². The van der Waals surface area contributed by atoms with E-state index in [1.54, 1.807) is 0 Å². The summed E-state index contributed by atoms with van der Waals surface area (Å²) in [5.41, 5.74) is 7.27. The largest absolute Gasteiger partial charge is 0.329 e. The van der Waals surface area contributed by atoms with E-state index >= 15 is 0 Å². The van der Waals surface area contributed by atoms with Gasteiger partial charge in [-0.2, -0.15) is 0 Å². The SMILES string of the molecule is Cc1sc(C(CN)N(C)Cc2ccccc2Br)cc1Br. The summed E-state index contributed by atoms with van der Waals surface area (Å²) in [5, 5.41) is 0. The maximum absolute atomic E-state index is 5.99. The van der Waals surface area contributed by atoms with Crippen LogP contribution in [0.1, 0.15) is 21.4 Å². The Balaban J connectivity index is 2.17. The summed E-state index contributed by atoms with van der Waals surface area (Å²) in [4.78, 5) is 4.91. The van der Waals surface area contributed by atoms with Gasteiger partial charge in [0.15, 0.2) is 0 Å². The average Bonchev–Trinajstić information content (AvgIpc) is 2.73. The Labute approximate surface area is 141 Å². The highest BCUT2D eigenvalue weighted by molar-refractivity contribution is 9.10. The third-order valence-corrected chi connectivity index (χ3v) is 6.35. The number of nitrogens with two attached hydrogens (primary N) is 1. The predicted molar refractivity (Wildman–Crippen MR) is 94.2 cm³/mol. The molecular formula is C15H18Br2N2S. The predicted octanol–water partition coefficient (Wildman–Crippen LogP) is 4.71. The molecule has 1 aromatic carbocycles. The summed E-state index contributed by atoms with van der Waals surface area (Å²) >= 11 is 9.00. The van der Waals surface area contributed by atoms with Crippen LogP contribution in [0.2, 0.25) is 0 Å². The van der Waals surface area contributed by atoms with E-state index in [1.807, 2.05) is 17.4 Å².